The van der Waals surface area contributed by atoms with Crippen molar-refractivity contribution < 1.29 is 4.92 Å². The van der Waals surface area contributed by atoms with E-state index in [1.165, 1.54) is 6.07 Å². The van der Waals surface area contributed by atoms with Crippen LogP contribution in [0.25, 0.3) is 10.8 Å². The van der Waals surface area contributed by atoms with Gasteiger partial charge in [0.25, 0.3) is 5.69 Å². The van der Waals surface area contributed by atoms with Gasteiger partial charge in [-0.05, 0) is 36.4 Å². The molecule has 6 heteroatoms. The van der Waals surface area contributed by atoms with Crippen LogP contribution in [-0.2, 0) is 0 Å². The molecule has 0 unspecified atom stereocenters. The Morgan fingerprint density at radius 1 is 0.875 bits per heavy atom. The number of rotatable bonds is 4. The van der Waals surface area contributed by atoms with Crippen molar-refractivity contribution in [2.75, 3.05) is 19.0 Å². The van der Waals surface area contributed by atoms with Crippen molar-refractivity contribution in [2.45, 2.75) is 0 Å². The first-order valence-corrected chi connectivity index (χ1v) is 7.41. The first-order chi connectivity index (χ1) is 11.6. The molecule has 3 aromatic rings. The molecule has 0 saturated carbocycles. The number of benzene rings is 3. The lowest BCUT2D eigenvalue weighted by molar-refractivity contribution is -0.383. The minimum atomic E-state index is -0.386. The standard InChI is InChI=1S/C18H16N4O2/c1-21(2)14-9-7-13(8-10-14)19-20-17-11-12-18(22(23)24)16-6-4-3-5-15(16)17/h3-12H,1-2H3. The summed E-state index contributed by atoms with van der Waals surface area (Å²) in [5.74, 6) is 0. The number of nitro benzene ring substituents is 1. The van der Waals surface area contributed by atoms with Gasteiger partial charge in [-0.3, -0.25) is 10.1 Å². The summed E-state index contributed by atoms with van der Waals surface area (Å²) < 4.78 is 0. The second-order valence-electron chi connectivity index (χ2n) is 5.52. The van der Waals surface area contributed by atoms with Gasteiger partial charge in [0.2, 0.25) is 0 Å². The maximum absolute atomic E-state index is 11.1. The summed E-state index contributed by atoms with van der Waals surface area (Å²) in [6.45, 7) is 0. The van der Waals surface area contributed by atoms with E-state index in [0.717, 1.165) is 11.4 Å². The Morgan fingerprint density at radius 3 is 2.17 bits per heavy atom. The Hall–Kier alpha value is -3.28. The van der Waals surface area contributed by atoms with Gasteiger partial charge in [0.1, 0.15) is 0 Å². The molecule has 3 rings (SSSR count). The fourth-order valence-electron chi connectivity index (χ4n) is 2.44. The topological polar surface area (TPSA) is 71.1 Å². The number of hydrogen-bond acceptors (Lipinski definition) is 5. The monoisotopic (exact) mass is 320 g/mol. The Labute approximate surface area is 139 Å². The first-order valence-electron chi connectivity index (χ1n) is 7.41. The molecule has 24 heavy (non-hydrogen) atoms. The fraction of sp³-hybridized carbons (Fsp3) is 0.111. The van der Waals surface area contributed by atoms with E-state index < -0.39 is 0 Å². The second kappa shape index (κ2) is 6.45. The van der Waals surface area contributed by atoms with E-state index in [2.05, 4.69) is 10.2 Å². The quantitative estimate of drug-likeness (QED) is 0.375. The van der Waals surface area contributed by atoms with Crippen LogP contribution in [0.5, 0.6) is 0 Å². The molecule has 6 nitrogen and oxygen atoms in total. The zero-order chi connectivity index (χ0) is 17.1. The third-order valence-electron chi connectivity index (χ3n) is 3.71. The molecule has 0 aliphatic rings. The molecule has 3 aromatic carbocycles. The highest BCUT2D eigenvalue weighted by Gasteiger charge is 2.13. The van der Waals surface area contributed by atoms with Gasteiger partial charge in [0.05, 0.1) is 21.7 Å². The molecule has 0 aliphatic carbocycles. The molecule has 0 heterocycles. The van der Waals surface area contributed by atoms with Crippen LogP contribution in [0, 0.1) is 10.1 Å². The van der Waals surface area contributed by atoms with E-state index in [1.807, 2.05) is 55.4 Å². The highest BCUT2D eigenvalue weighted by atomic mass is 16.6. The largest absolute Gasteiger partial charge is 0.378 e. The van der Waals surface area contributed by atoms with Crippen LogP contribution < -0.4 is 4.90 Å². The molecule has 0 aromatic heterocycles. The maximum Gasteiger partial charge on any atom is 0.277 e. The van der Waals surface area contributed by atoms with Crippen molar-refractivity contribution in [1.29, 1.82) is 0 Å². The number of nitrogens with zero attached hydrogens (tertiary/aromatic N) is 4. The highest BCUT2D eigenvalue weighted by molar-refractivity contribution is 5.98. The Kier molecular flexibility index (Phi) is 4.20. The van der Waals surface area contributed by atoms with Crippen LogP contribution >= 0.6 is 0 Å². The molecule has 0 bridgehead atoms. The number of nitro groups is 1. The summed E-state index contributed by atoms with van der Waals surface area (Å²) in [6, 6.07) is 17.9. The summed E-state index contributed by atoms with van der Waals surface area (Å²) in [4.78, 5) is 12.8. The van der Waals surface area contributed by atoms with Crippen LogP contribution in [0.3, 0.4) is 0 Å². The lowest BCUT2D eigenvalue weighted by atomic mass is 10.1. The van der Waals surface area contributed by atoms with Gasteiger partial charge in [0.15, 0.2) is 0 Å². The molecule has 0 saturated heterocycles. The van der Waals surface area contributed by atoms with Crippen LogP contribution in [-0.4, -0.2) is 19.0 Å². The minimum absolute atomic E-state index is 0.0693. The minimum Gasteiger partial charge on any atom is -0.378 e. The number of hydrogen-bond donors (Lipinski definition) is 0. The van der Waals surface area contributed by atoms with Crippen molar-refractivity contribution in [2.24, 2.45) is 10.2 Å². The van der Waals surface area contributed by atoms with E-state index in [1.54, 1.807) is 18.2 Å². The number of azo groups is 1. The number of anilines is 1. The van der Waals surface area contributed by atoms with Gasteiger partial charge < -0.3 is 4.90 Å². The van der Waals surface area contributed by atoms with Crippen LogP contribution in [0.4, 0.5) is 22.7 Å². The summed E-state index contributed by atoms with van der Waals surface area (Å²) >= 11 is 0. The third-order valence-corrected chi connectivity index (χ3v) is 3.71. The molecule has 0 spiro atoms. The molecular formula is C18H16N4O2. The van der Waals surface area contributed by atoms with Crippen LogP contribution in [0.2, 0.25) is 0 Å². The van der Waals surface area contributed by atoms with Crippen LogP contribution in [0.15, 0.2) is 70.9 Å². The van der Waals surface area contributed by atoms with Crippen molar-refractivity contribution in [1.82, 2.24) is 0 Å². The lowest BCUT2D eigenvalue weighted by Crippen LogP contribution is -2.07. The second-order valence-corrected chi connectivity index (χ2v) is 5.52. The molecule has 0 fully saturated rings. The van der Waals surface area contributed by atoms with E-state index in [4.69, 9.17) is 0 Å². The third kappa shape index (κ3) is 3.08. The van der Waals surface area contributed by atoms with Crippen molar-refractivity contribution in [3.63, 3.8) is 0 Å². The van der Waals surface area contributed by atoms with Gasteiger partial charge in [-0.2, -0.15) is 5.11 Å². The van der Waals surface area contributed by atoms with Crippen molar-refractivity contribution in [3.8, 4) is 0 Å². The Balaban J connectivity index is 1.98. The highest BCUT2D eigenvalue weighted by Crippen LogP contribution is 2.33. The molecule has 0 amide bonds. The van der Waals surface area contributed by atoms with Gasteiger partial charge >= 0.3 is 0 Å². The molecule has 0 radical (unpaired) electrons. The van der Waals surface area contributed by atoms with E-state index in [0.29, 0.717) is 16.5 Å². The summed E-state index contributed by atoms with van der Waals surface area (Å²) in [6.07, 6.45) is 0. The number of non-ortho nitro benzene ring substituents is 1. The van der Waals surface area contributed by atoms with E-state index in [-0.39, 0.29) is 10.6 Å². The van der Waals surface area contributed by atoms with E-state index in [9.17, 15) is 10.1 Å². The summed E-state index contributed by atoms with van der Waals surface area (Å²) in [5, 5.41) is 20.9. The zero-order valence-electron chi connectivity index (χ0n) is 13.4. The van der Waals surface area contributed by atoms with Gasteiger partial charge in [-0.15, -0.1) is 5.11 Å². The molecule has 120 valence electrons. The molecule has 0 aliphatic heterocycles. The van der Waals surface area contributed by atoms with Crippen LogP contribution in [0.1, 0.15) is 0 Å². The normalized spacial score (nSPS) is 11.1. The molecular weight excluding hydrogens is 304 g/mol. The molecule has 0 atom stereocenters. The average Bonchev–Trinajstić information content (AvgIpc) is 2.59. The predicted molar refractivity (Wildman–Crippen MR) is 95.5 cm³/mol. The summed E-state index contributed by atoms with van der Waals surface area (Å²) in [5.41, 5.74) is 2.48. The SMILES string of the molecule is CN(C)c1ccc(N=Nc2ccc([N+](=O)[O-])c3ccccc23)cc1. The maximum atomic E-state index is 11.1. The predicted octanol–water partition coefficient (Wildman–Crippen LogP) is 5.23. The Bertz CT molecular complexity index is 918. The van der Waals surface area contributed by atoms with Gasteiger partial charge in [-0.1, -0.05) is 18.2 Å². The van der Waals surface area contributed by atoms with Gasteiger partial charge in [0, 0.05) is 31.2 Å². The zero-order valence-corrected chi connectivity index (χ0v) is 13.4. The molecule has 0 N–H and O–H groups in total. The summed E-state index contributed by atoms with van der Waals surface area (Å²) in [7, 11) is 3.94. The fourth-order valence-corrected chi connectivity index (χ4v) is 2.44. The van der Waals surface area contributed by atoms with E-state index >= 15 is 0 Å². The van der Waals surface area contributed by atoms with Crippen molar-refractivity contribution >= 4 is 33.5 Å². The van der Waals surface area contributed by atoms with Gasteiger partial charge in [-0.25, -0.2) is 0 Å². The van der Waals surface area contributed by atoms with Crippen molar-refractivity contribution in [3.05, 3.63) is 70.8 Å². The Morgan fingerprint density at radius 2 is 1.54 bits per heavy atom. The smallest absolute Gasteiger partial charge is 0.277 e. The first kappa shape index (κ1) is 15.6. The number of fused-ring (bicyclic) bond motifs is 1. The lowest BCUT2D eigenvalue weighted by Gasteiger charge is -2.11. The average molecular weight is 320 g/mol.